The zero-order valence-electron chi connectivity index (χ0n) is 20.3. The number of anilines is 2. The third-order valence-corrected chi connectivity index (χ3v) is 7.75. The van der Waals surface area contributed by atoms with E-state index in [1.54, 1.807) is 25.9 Å². The lowest BCUT2D eigenvalue weighted by molar-refractivity contribution is -0.130. The van der Waals surface area contributed by atoms with E-state index in [1.807, 2.05) is 37.3 Å². The Balaban J connectivity index is 1.82. The summed E-state index contributed by atoms with van der Waals surface area (Å²) in [6.07, 6.45) is 3.37. The molecule has 2 heterocycles. The molecule has 0 fully saturated rings. The van der Waals surface area contributed by atoms with Gasteiger partial charge >= 0.3 is 0 Å². The summed E-state index contributed by atoms with van der Waals surface area (Å²) in [4.78, 5) is 28.0. The molecule has 0 aromatic heterocycles. The van der Waals surface area contributed by atoms with Crippen LogP contribution in [0.4, 0.5) is 11.4 Å². The summed E-state index contributed by atoms with van der Waals surface area (Å²) >= 11 is 0. The zero-order chi connectivity index (χ0) is 24.8. The first kappa shape index (κ1) is 24.1. The highest BCUT2D eigenvalue weighted by Crippen LogP contribution is 2.44. The van der Waals surface area contributed by atoms with Crippen LogP contribution in [-0.4, -0.2) is 64.7 Å². The van der Waals surface area contributed by atoms with E-state index in [4.69, 9.17) is 4.74 Å². The Labute approximate surface area is 201 Å². The Kier molecular flexibility index (Phi) is 6.33. The van der Waals surface area contributed by atoms with Crippen molar-refractivity contribution < 1.29 is 22.7 Å². The number of ether oxygens (including phenoxy) is 1. The van der Waals surface area contributed by atoms with Crippen LogP contribution in [0, 0.1) is 0 Å². The highest BCUT2D eigenvalue weighted by molar-refractivity contribution is 7.92. The van der Waals surface area contributed by atoms with Crippen molar-refractivity contribution in [3.8, 4) is 16.9 Å². The summed E-state index contributed by atoms with van der Waals surface area (Å²) in [6.45, 7) is 3.90. The standard InChI is InChI=1S/C25H31N3O5S/c1-16-6-8-21-23(28(16)17(2)29)11-9-20(25(21)33-15-24(30)26(3)4)18-7-10-22-19(14-18)12-13-27(22)34(5,31)32/h7,9-11,14,16H,6,8,12-13,15H2,1-5H3/t16-/m0/s1. The minimum absolute atomic E-state index is 0.0325. The first-order chi connectivity index (χ1) is 16.0. The molecule has 2 aliphatic rings. The number of likely N-dealkylation sites (N-methyl/N-ethyl adjacent to an activating group) is 1. The zero-order valence-corrected chi connectivity index (χ0v) is 21.1. The smallest absolute Gasteiger partial charge is 0.259 e. The van der Waals surface area contributed by atoms with Gasteiger partial charge in [-0.25, -0.2) is 8.42 Å². The summed E-state index contributed by atoms with van der Waals surface area (Å²) in [5.74, 6) is 0.410. The second-order valence-electron chi connectivity index (χ2n) is 9.22. The fraction of sp³-hybridized carbons (Fsp3) is 0.440. The van der Waals surface area contributed by atoms with Crippen LogP contribution in [0.5, 0.6) is 5.75 Å². The van der Waals surface area contributed by atoms with E-state index in [0.717, 1.165) is 40.8 Å². The molecule has 2 aromatic rings. The molecule has 2 aromatic carbocycles. The molecule has 4 rings (SSSR count). The van der Waals surface area contributed by atoms with Gasteiger partial charge in [-0.3, -0.25) is 13.9 Å². The summed E-state index contributed by atoms with van der Waals surface area (Å²) in [6, 6.07) is 9.66. The molecular formula is C25H31N3O5S. The number of nitrogens with zero attached hydrogens (tertiary/aromatic N) is 3. The van der Waals surface area contributed by atoms with Gasteiger partial charge in [0.15, 0.2) is 6.61 Å². The number of benzene rings is 2. The highest BCUT2D eigenvalue weighted by atomic mass is 32.2. The van der Waals surface area contributed by atoms with E-state index in [9.17, 15) is 18.0 Å². The molecule has 1 atom stereocenters. The SMILES string of the molecule is CC(=O)N1c2ccc(-c3ccc4c(c3)CCN4S(C)(=O)=O)c(OCC(=O)N(C)C)c2CC[C@@H]1C. The third kappa shape index (κ3) is 4.36. The second-order valence-corrected chi connectivity index (χ2v) is 11.1. The van der Waals surface area contributed by atoms with Crippen molar-refractivity contribution in [2.75, 3.05) is 42.7 Å². The minimum atomic E-state index is -3.33. The van der Waals surface area contributed by atoms with E-state index in [0.29, 0.717) is 24.4 Å². The van der Waals surface area contributed by atoms with Crippen LogP contribution in [0.25, 0.3) is 11.1 Å². The van der Waals surface area contributed by atoms with Gasteiger partial charge in [-0.1, -0.05) is 6.07 Å². The Morgan fingerprint density at radius 1 is 1.12 bits per heavy atom. The molecule has 0 saturated carbocycles. The van der Waals surface area contributed by atoms with Gasteiger partial charge in [0.1, 0.15) is 5.75 Å². The van der Waals surface area contributed by atoms with Gasteiger partial charge in [0, 0.05) is 44.7 Å². The minimum Gasteiger partial charge on any atom is -0.483 e. The molecule has 0 radical (unpaired) electrons. The van der Waals surface area contributed by atoms with E-state index in [2.05, 4.69) is 0 Å². The number of sulfonamides is 1. The molecule has 0 unspecified atom stereocenters. The Morgan fingerprint density at radius 3 is 2.47 bits per heavy atom. The average molecular weight is 486 g/mol. The number of amides is 2. The Hall–Kier alpha value is -3.07. The number of hydrogen-bond donors (Lipinski definition) is 0. The Bertz CT molecular complexity index is 1260. The van der Waals surface area contributed by atoms with Crippen molar-refractivity contribution >= 4 is 33.2 Å². The van der Waals surface area contributed by atoms with E-state index in [-0.39, 0.29) is 24.5 Å². The van der Waals surface area contributed by atoms with Gasteiger partial charge in [-0.05, 0) is 61.6 Å². The molecule has 9 heteroatoms. The predicted octanol–water partition coefficient (Wildman–Crippen LogP) is 2.83. The maximum absolute atomic E-state index is 12.4. The van der Waals surface area contributed by atoms with Gasteiger partial charge in [0.25, 0.3) is 5.91 Å². The lowest BCUT2D eigenvalue weighted by Crippen LogP contribution is -2.41. The first-order valence-corrected chi connectivity index (χ1v) is 13.2. The topological polar surface area (TPSA) is 87.2 Å². The number of carbonyl (C=O) groups is 2. The van der Waals surface area contributed by atoms with Crippen molar-refractivity contribution in [3.05, 3.63) is 41.5 Å². The lowest BCUT2D eigenvalue weighted by atomic mass is 9.91. The van der Waals surface area contributed by atoms with Gasteiger partial charge in [-0.15, -0.1) is 0 Å². The first-order valence-electron chi connectivity index (χ1n) is 11.4. The predicted molar refractivity (Wildman–Crippen MR) is 133 cm³/mol. The third-order valence-electron chi connectivity index (χ3n) is 6.57. The van der Waals surface area contributed by atoms with Crippen LogP contribution < -0.4 is 13.9 Å². The molecular weight excluding hydrogens is 454 g/mol. The monoisotopic (exact) mass is 485 g/mol. The summed E-state index contributed by atoms with van der Waals surface area (Å²) in [5.41, 5.74) is 5.09. The Morgan fingerprint density at radius 2 is 1.82 bits per heavy atom. The molecule has 0 N–H and O–H groups in total. The molecule has 34 heavy (non-hydrogen) atoms. The molecule has 2 aliphatic heterocycles. The fourth-order valence-corrected chi connectivity index (χ4v) is 5.78. The lowest BCUT2D eigenvalue weighted by Gasteiger charge is -2.36. The van der Waals surface area contributed by atoms with Gasteiger partial charge in [0.2, 0.25) is 15.9 Å². The molecule has 2 amide bonds. The van der Waals surface area contributed by atoms with Crippen molar-refractivity contribution in [1.82, 2.24) is 4.90 Å². The van der Waals surface area contributed by atoms with E-state index >= 15 is 0 Å². The van der Waals surface area contributed by atoms with Crippen LogP contribution in [0.1, 0.15) is 31.4 Å². The summed E-state index contributed by atoms with van der Waals surface area (Å²) in [7, 11) is 0.0311. The van der Waals surface area contributed by atoms with Gasteiger partial charge in [-0.2, -0.15) is 0 Å². The van der Waals surface area contributed by atoms with Crippen molar-refractivity contribution in [2.24, 2.45) is 0 Å². The number of carbonyl (C=O) groups excluding carboxylic acids is 2. The van der Waals surface area contributed by atoms with Crippen LogP contribution in [0.15, 0.2) is 30.3 Å². The van der Waals surface area contributed by atoms with Gasteiger partial charge < -0.3 is 14.5 Å². The molecule has 0 spiro atoms. The van der Waals surface area contributed by atoms with Crippen molar-refractivity contribution in [3.63, 3.8) is 0 Å². The van der Waals surface area contributed by atoms with Crippen LogP contribution in [0.3, 0.4) is 0 Å². The van der Waals surface area contributed by atoms with Crippen molar-refractivity contribution in [1.29, 1.82) is 0 Å². The number of hydrogen-bond acceptors (Lipinski definition) is 5. The van der Waals surface area contributed by atoms with Crippen LogP contribution in [0.2, 0.25) is 0 Å². The molecule has 0 saturated heterocycles. The maximum Gasteiger partial charge on any atom is 0.259 e. The molecule has 8 nitrogen and oxygen atoms in total. The molecule has 182 valence electrons. The highest BCUT2D eigenvalue weighted by Gasteiger charge is 2.31. The summed E-state index contributed by atoms with van der Waals surface area (Å²) < 4.78 is 31.8. The maximum atomic E-state index is 12.4. The fourth-order valence-electron chi connectivity index (χ4n) is 4.82. The quantitative estimate of drug-likeness (QED) is 0.650. The molecule has 0 aliphatic carbocycles. The average Bonchev–Trinajstić information content (AvgIpc) is 3.20. The number of rotatable bonds is 5. The van der Waals surface area contributed by atoms with Gasteiger partial charge in [0.05, 0.1) is 17.6 Å². The van der Waals surface area contributed by atoms with Crippen LogP contribution >= 0.6 is 0 Å². The summed E-state index contributed by atoms with van der Waals surface area (Å²) in [5, 5.41) is 0. The number of fused-ring (bicyclic) bond motifs is 2. The van der Waals surface area contributed by atoms with Crippen LogP contribution in [-0.2, 0) is 32.5 Å². The molecule has 0 bridgehead atoms. The van der Waals surface area contributed by atoms with E-state index in [1.165, 1.54) is 15.5 Å². The van der Waals surface area contributed by atoms with Crippen molar-refractivity contribution in [2.45, 2.75) is 39.2 Å². The normalized spacial score (nSPS) is 17.3. The second kappa shape index (κ2) is 8.94. The van der Waals surface area contributed by atoms with E-state index < -0.39 is 10.0 Å². The largest absolute Gasteiger partial charge is 0.483 e.